The van der Waals surface area contributed by atoms with E-state index < -0.39 is 0 Å². The van der Waals surface area contributed by atoms with Gasteiger partial charge >= 0.3 is 0 Å². The lowest BCUT2D eigenvalue weighted by Crippen LogP contribution is -2.39. The van der Waals surface area contributed by atoms with Gasteiger partial charge in [0, 0.05) is 18.2 Å². The highest BCUT2D eigenvalue weighted by atomic mass is 16.2. The van der Waals surface area contributed by atoms with Gasteiger partial charge in [-0.25, -0.2) is 9.67 Å². The third-order valence-electron chi connectivity index (χ3n) is 5.26. The average molecular weight is 360 g/mol. The van der Waals surface area contributed by atoms with Crippen molar-refractivity contribution >= 4 is 5.91 Å². The van der Waals surface area contributed by atoms with Gasteiger partial charge in [-0.15, -0.1) is 0 Å². The average Bonchev–Trinajstić information content (AvgIpc) is 3.44. The van der Waals surface area contributed by atoms with Gasteiger partial charge in [-0.3, -0.25) is 4.79 Å². The number of rotatable bonds is 7. The molecule has 1 aromatic heterocycles. The van der Waals surface area contributed by atoms with Crippen molar-refractivity contribution in [3.05, 3.63) is 83.9 Å². The molecule has 0 spiro atoms. The van der Waals surface area contributed by atoms with Crippen LogP contribution in [0.5, 0.6) is 0 Å². The van der Waals surface area contributed by atoms with Crippen molar-refractivity contribution in [2.45, 2.75) is 38.9 Å². The zero-order valence-electron chi connectivity index (χ0n) is 15.5. The third-order valence-corrected chi connectivity index (χ3v) is 5.26. The van der Waals surface area contributed by atoms with Gasteiger partial charge in [0.25, 0.3) is 5.91 Å². The normalized spacial score (nSPS) is 14.7. The lowest BCUT2D eigenvalue weighted by Gasteiger charge is -2.30. The van der Waals surface area contributed by atoms with Crippen LogP contribution in [0.25, 0.3) is 0 Å². The molecule has 1 unspecified atom stereocenters. The molecule has 1 heterocycles. The summed E-state index contributed by atoms with van der Waals surface area (Å²) in [6.07, 6.45) is 5.66. The summed E-state index contributed by atoms with van der Waals surface area (Å²) in [7, 11) is 0. The van der Waals surface area contributed by atoms with Gasteiger partial charge in [0.15, 0.2) is 0 Å². The maximum Gasteiger partial charge on any atom is 0.254 e. The van der Waals surface area contributed by atoms with Crippen LogP contribution in [0, 0.1) is 5.92 Å². The minimum absolute atomic E-state index is 0.102. The maximum absolute atomic E-state index is 13.2. The number of carbonyl (C=O) groups is 1. The first-order chi connectivity index (χ1) is 13.2. The largest absolute Gasteiger partial charge is 0.331 e. The van der Waals surface area contributed by atoms with Crippen LogP contribution in [-0.4, -0.2) is 31.6 Å². The van der Waals surface area contributed by atoms with Crippen molar-refractivity contribution in [3.8, 4) is 0 Å². The molecule has 5 heteroatoms. The Bertz CT molecular complexity index is 870. The second-order valence-corrected chi connectivity index (χ2v) is 7.29. The van der Waals surface area contributed by atoms with Crippen LogP contribution >= 0.6 is 0 Å². The Hall–Kier alpha value is -2.95. The first-order valence-electron chi connectivity index (χ1n) is 9.47. The van der Waals surface area contributed by atoms with Crippen LogP contribution in [0.2, 0.25) is 0 Å². The fraction of sp³-hybridized carbons (Fsp3) is 0.318. The molecule has 0 N–H and O–H groups in total. The van der Waals surface area contributed by atoms with E-state index in [1.807, 2.05) is 47.4 Å². The van der Waals surface area contributed by atoms with Gasteiger partial charge < -0.3 is 4.90 Å². The van der Waals surface area contributed by atoms with Crippen LogP contribution in [0.4, 0.5) is 0 Å². The Kier molecular flexibility index (Phi) is 5.01. The van der Waals surface area contributed by atoms with Crippen molar-refractivity contribution in [1.29, 1.82) is 0 Å². The minimum Gasteiger partial charge on any atom is -0.331 e. The van der Waals surface area contributed by atoms with E-state index in [1.165, 1.54) is 24.7 Å². The van der Waals surface area contributed by atoms with E-state index in [0.29, 0.717) is 19.0 Å². The van der Waals surface area contributed by atoms with Crippen LogP contribution in [0.1, 0.15) is 41.3 Å². The van der Waals surface area contributed by atoms with Crippen molar-refractivity contribution in [1.82, 2.24) is 19.7 Å². The van der Waals surface area contributed by atoms with Crippen molar-refractivity contribution in [2.24, 2.45) is 5.92 Å². The molecule has 5 nitrogen and oxygen atoms in total. The molecule has 1 amide bonds. The van der Waals surface area contributed by atoms with Gasteiger partial charge in [0.2, 0.25) is 0 Å². The van der Waals surface area contributed by atoms with Gasteiger partial charge in [0.1, 0.15) is 12.7 Å². The number of nitrogens with zero attached hydrogens (tertiary/aromatic N) is 4. The van der Waals surface area contributed by atoms with E-state index in [1.54, 1.807) is 11.0 Å². The Morgan fingerprint density at radius 3 is 2.48 bits per heavy atom. The molecule has 1 aliphatic carbocycles. The Morgan fingerprint density at radius 2 is 1.85 bits per heavy atom. The predicted octanol–water partition coefficient (Wildman–Crippen LogP) is 3.77. The monoisotopic (exact) mass is 360 g/mol. The fourth-order valence-corrected chi connectivity index (χ4v) is 3.43. The Balaban J connectivity index is 1.51. The Labute approximate surface area is 159 Å². The molecule has 4 rings (SSSR count). The lowest BCUT2D eigenvalue weighted by molar-refractivity contribution is 0.0654. The zero-order valence-corrected chi connectivity index (χ0v) is 15.5. The van der Waals surface area contributed by atoms with Crippen molar-refractivity contribution < 1.29 is 4.79 Å². The quantitative estimate of drug-likeness (QED) is 0.644. The van der Waals surface area contributed by atoms with Crippen LogP contribution in [0.3, 0.4) is 0 Å². The number of carbonyl (C=O) groups excluding carboxylic acids is 1. The highest BCUT2D eigenvalue weighted by Crippen LogP contribution is 2.36. The van der Waals surface area contributed by atoms with Gasteiger partial charge in [0.05, 0.1) is 6.54 Å². The molecule has 1 saturated carbocycles. The molecule has 0 radical (unpaired) electrons. The van der Waals surface area contributed by atoms with Crippen LogP contribution < -0.4 is 0 Å². The summed E-state index contributed by atoms with van der Waals surface area (Å²) in [4.78, 5) is 19.2. The second kappa shape index (κ2) is 7.74. The van der Waals surface area contributed by atoms with Gasteiger partial charge in [-0.2, -0.15) is 5.10 Å². The molecule has 1 aliphatic rings. The van der Waals surface area contributed by atoms with E-state index in [-0.39, 0.29) is 11.9 Å². The van der Waals surface area contributed by atoms with Gasteiger partial charge in [-0.1, -0.05) is 42.5 Å². The molecule has 27 heavy (non-hydrogen) atoms. The van der Waals surface area contributed by atoms with Crippen LogP contribution in [0.15, 0.2) is 67.3 Å². The van der Waals surface area contributed by atoms with Crippen molar-refractivity contribution in [2.75, 3.05) is 0 Å². The number of hydrogen-bond acceptors (Lipinski definition) is 3. The summed E-state index contributed by atoms with van der Waals surface area (Å²) < 4.78 is 1.77. The Morgan fingerprint density at radius 1 is 1.11 bits per heavy atom. The van der Waals surface area contributed by atoms with Crippen LogP contribution in [-0.2, 0) is 13.1 Å². The molecular formula is C22H24N4O. The zero-order chi connectivity index (χ0) is 18.6. The van der Waals surface area contributed by atoms with E-state index in [9.17, 15) is 4.79 Å². The SMILES string of the molecule is CC(C1CC1)N(Cc1ccccc1)C(=O)c1ccc(Cn2cncn2)cc1. The van der Waals surface area contributed by atoms with E-state index in [2.05, 4.69) is 29.1 Å². The van der Waals surface area contributed by atoms with Gasteiger partial charge in [-0.05, 0) is 48.9 Å². The fourth-order valence-electron chi connectivity index (χ4n) is 3.43. The summed E-state index contributed by atoms with van der Waals surface area (Å²) in [5.41, 5.74) is 3.00. The van der Waals surface area contributed by atoms with E-state index >= 15 is 0 Å². The molecule has 0 saturated heterocycles. The standard InChI is InChI=1S/C22H24N4O/c1-17(20-11-12-20)26(14-18-5-3-2-4-6-18)22(27)21-9-7-19(8-10-21)13-25-16-23-15-24-25/h2-10,15-17,20H,11-14H2,1H3. The molecule has 1 atom stereocenters. The molecule has 3 aromatic rings. The smallest absolute Gasteiger partial charge is 0.254 e. The molecular weight excluding hydrogens is 336 g/mol. The first-order valence-corrected chi connectivity index (χ1v) is 9.47. The maximum atomic E-state index is 13.2. The minimum atomic E-state index is 0.102. The first kappa shape index (κ1) is 17.5. The molecule has 0 bridgehead atoms. The summed E-state index contributed by atoms with van der Waals surface area (Å²) in [6, 6.07) is 18.3. The summed E-state index contributed by atoms with van der Waals surface area (Å²) >= 11 is 0. The molecule has 2 aromatic carbocycles. The summed E-state index contributed by atoms with van der Waals surface area (Å²) in [6.45, 7) is 3.48. The van der Waals surface area contributed by atoms with E-state index in [0.717, 1.165) is 11.1 Å². The second-order valence-electron chi connectivity index (χ2n) is 7.29. The lowest BCUT2D eigenvalue weighted by atomic mass is 10.1. The summed E-state index contributed by atoms with van der Waals surface area (Å²) in [5, 5.41) is 4.12. The molecule has 1 fully saturated rings. The number of benzene rings is 2. The predicted molar refractivity (Wildman–Crippen MR) is 104 cm³/mol. The highest BCUT2D eigenvalue weighted by Gasteiger charge is 2.34. The number of aromatic nitrogens is 3. The third kappa shape index (κ3) is 4.25. The highest BCUT2D eigenvalue weighted by molar-refractivity contribution is 5.94. The van der Waals surface area contributed by atoms with Crippen molar-refractivity contribution in [3.63, 3.8) is 0 Å². The topological polar surface area (TPSA) is 51.0 Å². The number of hydrogen-bond donors (Lipinski definition) is 0. The van der Waals surface area contributed by atoms with E-state index in [4.69, 9.17) is 0 Å². The molecule has 0 aliphatic heterocycles. The molecule has 138 valence electrons. The number of amides is 1. The summed E-state index contributed by atoms with van der Waals surface area (Å²) in [5.74, 6) is 0.731.